The summed E-state index contributed by atoms with van der Waals surface area (Å²) >= 11 is 0. The van der Waals surface area contributed by atoms with E-state index in [0.717, 1.165) is 51.0 Å². The van der Waals surface area contributed by atoms with E-state index in [9.17, 15) is 19.7 Å². The van der Waals surface area contributed by atoms with Gasteiger partial charge in [0.05, 0.1) is 29.2 Å². The van der Waals surface area contributed by atoms with Gasteiger partial charge in [-0.05, 0) is 69.3 Å². The number of carbonyl (C=O) groups excluding carboxylic acids is 2. The summed E-state index contributed by atoms with van der Waals surface area (Å²) in [5.41, 5.74) is 4.59. The van der Waals surface area contributed by atoms with Crippen LogP contribution in [0.2, 0.25) is 0 Å². The maximum Gasteiger partial charge on any atom is 0.336 e. The molecule has 1 fully saturated rings. The second-order valence-corrected chi connectivity index (χ2v) is 10.3. The number of likely N-dealkylation sites (tertiary alicyclic amines) is 1. The quantitative estimate of drug-likeness (QED) is 0.181. The highest BCUT2D eigenvalue weighted by atomic mass is 16.6. The number of esters is 1. The lowest BCUT2D eigenvalue weighted by molar-refractivity contribution is -0.384. The van der Waals surface area contributed by atoms with E-state index in [4.69, 9.17) is 4.74 Å². The number of allylic oxidation sites excluding steroid dienone is 3. The van der Waals surface area contributed by atoms with E-state index < -0.39 is 16.8 Å². The molecule has 4 rings (SSSR count). The van der Waals surface area contributed by atoms with E-state index in [0.29, 0.717) is 41.4 Å². The summed E-state index contributed by atoms with van der Waals surface area (Å²) in [4.78, 5) is 40.4. The average molecular weight is 547 g/mol. The molecular formula is C31H38N4O5. The normalized spacial score (nSPS) is 18.3. The lowest BCUT2D eigenvalue weighted by Crippen LogP contribution is -2.39. The molecule has 2 aliphatic rings. The van der Waals surface area contributed by atoms with Gasteiger partial charge in [-0.2, -0.15) is 0 Å². The first-order valence-corrected chi connectivity index (χ1v) is 13.9. The highest BCUT2D eigenvalue weighted by molar-refractivity contribution is 5.92. The van der Waals surface area contributed by atoms with Crippen molar-refractivity contribution in [3.8, 4) is 0 Å². The van der Waals surface area contributed by atoms with Crippen molar-refractivity contribution >= 4 is 18.1 Å². The van der Waals surface area contributed by atoms with Crippen LogP contribution in [0, 0.1) is 10.1 Å². The molecule has 0 bridgehead atoms. The molecular weight excluding hydrogens is 508 g/mol. The van der Waals surface area contributed by atoms with Crippen LogP contribution in [-0.2, 0) is 14.3 Å². The third-order valence-electron chi connectivity index (χ3n) is 7.98. The smallest absolute Gasteiger partial charge is 0.336 e. The number of rotatable bonds is 11. The standard InChI is InChI=1S/C31H38N4O5/c1-4-27-30(29(28(22(2)32-27)31(37)40-3)25-11-13-26(14-12-25)35(38)39)34(21-36)18-8-17-33-19-15-24(16-20-33)23-9-6-5-7-10-23/h5-7,9-14,21,24,29,32H,4,8,15-20H2,1-3H3. The number of hydrogen-bond donors (Lipinski definition) is 1. The number of non-ortho nitro benzene ring substituents is 1. The number of hydrogen-bond acceptors (Lipinski definition) is 7. The molecule has 2 aromatic carbocycles. The van der Waals surface area contributed by atoms with Gasteiger partial charge in [0.25, 0.3) is 5.69 Å². The largest absolute Gasteiger partial charge is 0.466 e. The molecule has 0 aromatic heterocycles. The zero-order chi connectivity index (χ0) is 28.6. The Kier molecular flexibility index (Phi) is 9.71. The van der Waals surface area contributed by atoms with Gasteiger partial charge in [0.15, 0.2) is 0 Å². The minimum atomic E-state index is -0.601. The highest BCUT2D eigenvalue weighted by Crippen LogP contribution is 2.41. The number of amides is 1. The van der Waals surface area contributed by atoms with E-state index in [2.05, 4.69) is 40.5 Å². The number of ether oxygens (including phenoxy) is 1. The fraction of sp³-hybridized carbons (Fsp3) is 0.419. The molecule has 40 heavy (non-hydrogen) atoms. The van der Waals surface area contributed by atoms with Crippen molar-refractivity contribution in [3.05, 3.63) is 98.5 Å². The number of nitro groups is 1. The van der Waals surface area contributed by atoms with Crippen LogP contribution in [0.3, 0.4) is 0 Å². The summed E-state index contributed by atoms with van der Waals surface area (Å²) in [6, 6.07) is 16.8. The van der Waals surface area contributed by atoms with Gasteiger partial charge in [-0.1, -0.05) is 49.4 Å². The van der Waals surface area contributed by atoms with Gasteiger partial charge in [-0.3, -0.25) is 14.9 Å². The van der Waals surface area contributed by atoms with Crippen LogP contribution < -0.4 is 5.32 Å². The summed E-state index contributed by atoms with van der Waals surface area (Å²) in [7, 11) is 1.33. The summed E-state index contributed by atoms with van der Waals surface area (Å²) in [6.07, 6.45) is 4.44. The maximum atomic E-state index is 13.0. The van der Waals surface area contributed by atoms with Crippen molar-refractivity contribution in [3.63, 3.8) is 0 Å². The molecule has 1 N–H and O–H groups in total. The molecule has 1 saturated heterocycles. The second-order valence-electron chi connectivity index (χ2n) is 10.3. The molecule has 2 aliphatic heterocycles. The van der Waals surface area contributed by atoms with Crippen LogP contribution in [0.15, 0.2) is 77.3 Å². The Hall–Kier alpha value is -3.98. The first-order valence-electron chi connectivity index (χ1n) is 13.9. The van der Waals surface area contributed by atoms with Gasteiger partial charge in [0.1, 0.15) is 0 Å². The number of nitrogens with one attached hydrogen (secondary N) is 1. The second kappa shape index (κ2) is 13.4. The van der Waals surface area contributed by atoms with E-state index in [1.165, 1.54) is 24.8 Å². The van der Waals surface area contributed by atoms with Crippen LogP contribution in [0.4, 0.5) is 5.69 Å². The van der Waals surface area contributed by atoms with Crippen LogP contribution in [0.25, 0.3) is 0 Å². The number of benzene rings is 2. The molecule has 1 atom stereocenters. The van der Waals surface area contributed by atoms with Crippen LogP contribution in [0.1, 0.15) is 62.5 Å². The molecule has 9 heteroatoms. The van der Waals surface area contributed by atoms with Crippen molar-refractivity contribution < 1.29 is 19.2 Å². The Balaban J connectivity index is 1.52. The Morgan fingerprint density at radius 2 is 1.80 bits per heavy atom. The molecule has 0 radical (unpaired) electrons. The fourth-order valence-corrected chi connectivity index (χ4v) is 5.90. The number of piperidine rings is 1. The van der Waals surface area contributed by atoms with Crippen molar-refractivity contribution in [2.75, 3.05) is 33.3 Å². The number of nitrogens with zero attached hydrogens (tertiary/aromatic N) is 3. The summed E-state index contributed by atoms with van der Waals surface area (Å²) in [6.45, 7) is 7.19. The van der Waals surface area contributed by atoms with E-state index in [1.807, 2.05) is 6.92 Å². The lowest BCUT2D eigenvalue weighted by Gasteiger charge is -2.37. The molecule has 9 nitrogen and oxygen atoms in total. The van der Waals surface area contributed by atoms with Crippen molar-refractivity contribution in [1.29, 1.82) is 0 Å². The first kappa shape index (κ1) is 29.0. The third-order valence-corrected chi connectivity index (χ3v) is 7.98. The van der Waals surface area contributed by atoms with Crippen molar-refractivity contribution in [2.45, 2.75) is 51.4 Å². The van der Waals surface area contributed by atoms with Gasteiger partial charge in [-0.15, -0.1) is 0 Å². The van der Waals surface area contributed by atoms with Gasteiger partial charge in [0.2, 0.25) is 6.41 Å². The Morgan fingerprint density at radius 3 is 2.38 bits per heavy atom. The zero-order valence-electron chi connectivity index (χ0n) is 23.5. The van der Waals surface area contributed by atoms with E-state index in [1.54, 1.807) is 24.0 Å². The fourth-order valence-electron chi connectivity index (χ4n) is 5.90. The van der Waals surface area contributed by atoms with Crippen molar-refractivity contribution in [1.82, 2.24) is 15.1 Å². The minimum absolute atomic E-state index is 0.0393. The van der Waals surface area contributed by atoms with Crippen molar-refractivity contribution in [2.24, 2.45) is 0 Å². The maximum absolute atomic E-state index is 13.0. The van der Waals surface area contributed by atoms with Crippen LogP contribution in [-0.4, -0.2) is 60.4 Å². The molecule has 0 spiro atoms. The highest BCUT2D eigenvalue weighted by Gasteiger charge is 2.37. The van der Waals surface area contributed by atoms with Gasteiger partial charge in [0, 0.05) is 30.1 Å². The summed E-state index contributed by atoms with van der Waals surface area (Å²) in [5, 5.41) is 14.6. The predicted molar refractivity (Wildman–Crippen MR) is 153 cm³/mol. The molecule has 2 aromatic rings. The number of methoxy groups -OCH3 is 1. The molecule has 2 heterocycles. The monoisotopic (exact) mass is 546 g/mol. The SMILES string of the molecule is CCC1=C(N(C=O)CCCN2CCC(c3ccccc3)CC2)C(c2ccc([N+](=O)[O-])cc2)C(C(=O)OC)=C(C)N1. The molecule has 0 saturated carbocycles. The third kappa shape index (κ3) is 6.42. The van der Waals surface area contributed by atoms with Crippen LogP contribution >= 0.6 is 0 Å². The van der Waals surface area contributed by atoms with E-state index in [-0.39, 0.29) is 5.69 Å². The Morgan fingerprint density at radius 1 is 1.12 bits per heavy atom. The van der Waals surface area contributed by atoms with Gasteiger partial charge < -0.3 is 19.9 Å². The average Bonchev–Trinajstić information content (AvgIpc) is 2.99. The first-order chi connectivity index (χ1) is 19.4. The molecule has 212 valence electrons. The van der Waals surface area contributed by atoms with Crippen LogP contribution in [0.5, 0.6) is 0 Å². The topological polar surface area (TPSA) is 105 Å². The number of carbonyl (C=O) groups is 2. The minimum Gasteiger partial charge on any atom is -0.466 e. The lowest BCUT2D eigenvalue weighted by atomic mass is 9.82. The van der Waals surface area contributed by atoms with Gasteiger partial charge in [-0.25, -0.2) is 4.79 Å². The molecule has 1 amide bonds. The molecule has 0 aliphatic carbocycles. The summed E-state index contributed by atoms with van der Waals surface area (Å²) in [5.74, 6) is -0.520. The summed E-state index contributed by atoms with van der Waals surface area (Å²) < 4.78 is 5.12. The molecule has 1 unspecified atom stereocenters. The zero-order valence-corrected chi connectivity index (χ0v) is 23.5. The Bertz CT molecular complexity index is 1260. The number of nitro benzene ring substituents is 1. The van der Waals surface area contributed by atoms with E-state index >= 15 is 0 Å². The van der Waals surface area contributed by atoms with Gasteiger partial charge >= 0.3 is 5.97 Å². The number of dihydropyridines is 1. The Labute approximate surface area is 235 Å². The predicted octanol–water partition coefficient (Wildman–Crippen LogP) is 5.08.